The molecule has 0 saturated heterocycles. The van der Waals surface area contributed by atoms with E-state index < -0.39 is 16.5 Å². The van der Waals surface area contributed by atoms with Crippen LogP contribution in [0.1, 0.15) is 38.5 Å². The molecule has 0 aromatic carbocycles. The third kappa shape index (κ3) is 16.4. The molecule has 0 aliphatic carbocycles. The van der Waals surface area contributed by atoms with Gasteiger partial charge in [-0.2, -0.15) is 0 Å². The van der Waals surface area contributed by atoms with Crippen LogP contribution in [-0.4, -0.2) is 29.6 Å². The average Bonchev–Trinajstić information content (AvgIpc) is 2.17. The molecule has 2 nitrogen and oxygen atoms in total. The minimum Gasteiger partial charge on any atom is -0.337 e. The number of nitrogens with one attached hydrogen (secondary N) is 2. The lowest BCUT2D eigenvalue weighted by molar-refractivity contribution is 0.586. The van der Waals surface area contributed by atoms with Gasteiger partial charge in [0.05, 0.1) is 0 Å². The molecule has 0 aliphatic heterocycles. The van der Waals surface area contributed by atoms with Gasteiger partial charge in [-0.15, -0.1) is 0 Å². The summed E-state index contributed by atoms with van der Waals surface area (Å²) in [5.41, 5.74) is 0. The minimum absolute atomic E-state index is 1.02. The van der Waals surface area contributed by atoms with Crippen molar-refractivity contribution in [2.75, 3.05) is 13.1 Å². The Bertz CT molecular complexity index is 173. The molecule has 0 aromatic heterocycles. The van der Waals surface area contributed by atoms with Crippen molar-refractivity contribution in [2.45, 2.75) is 77.8 Å². The lowest BCUT2D eigenvalue weighted by Crippen LogP contribution is -2.41. The van der Waals surface area contributed by atoms with Crippen LogP contribution in [0.2, 0.25) is 39.3 Å². The zero-order valence-corrected chi connectivity index (χ0v) is 15.7. The van der Waals surface area contributed by atoms with E-state index in [1.54, 1.807) is 0 Å². The van der Waals surface area contributed by atoms with Crippen LogP contribution in [0.3, 0.4) is 0 Å². The van der Waals surface area contributed by atoms with E-state index in [9.17, 15) is 0 Å². The maximum atomic E-state index is 3.68. The molecule has 0 saturated carbocycles. The van der Waals surface area contributed by atoms with Crippen molar-refractivity contribution < 1.29 is 0 Å². The Morgan fingerprint density at radius 2 is 0.778 bits per heavy atom. The third-order valence-electron chi connectivity index (χ3n) is 2.91. The molecule has 110 valence electrons. The van der Waals surface area contributed by atoms with Crippen LogP contribution in [0.5, 0.6) is 0 Å². The molecule has 0 rings (SSSR count). The van der Waals surface area contributed by atoms with E-state index >= 15 is 0 Å². The van der Waals surface area contributed by atoms with Crippen LogP contribution in [0.25, 0.3) is 0 Å². The summed E-state index contributed by atoms with van der Waals surface area (Å²) in [6.45, 7) is 16.7. The van der Waals surface area contributed by atoms with Crippen molar-refractivity contribution in [1.29, 1.82) is 0 Å². The normalized spacial score (nSPS) is 13.0. The van der Waals surface area contributed by atoms with Gasteiger partial charge in [-0.1, -0.05) is 65.0 Å². The Hall–Kier alpha value is 0.354. The van der Waals surface area contributed by atoms with E-state index in [-0.39, 0.29) is 0 Å². The standard InChI is InChI=1S/C14H36N2Si2/c1-17(2,3)15-13-11-9-7-8-10-12-14-16-18(4,5)6/h15-16H,7-14H2,1-6H3. The van der Waals surface area contributed by atoms with Crippen molar-refractivity contribution in [3.63, 3.8) is 0 Å². The summed E-state index contributed by atoms with van der Waals surface area (Å²) in [6, 6.07) is 0. The highest BCUT2D eigenvalue weighted by Gasteiger charge is 2.11. The number of rotatable bonds is 11. The first-order chi connectivity index (χ1) is 8.21. The van der Waals surface area contributed by atoms with E-state index in [2.05, 4.69) is 49.2 Å². The zero-order valence-electron chi connectivity index (χ0n) is 13.7. The molecule has 0 amide bonds. The highest BCUT2D eigenvalue weighted by molar-refractivity contribution is 6.73. The van der Waals surface area contributed by atoms with Gasteiger partial charge in [0, 0.05) is 0 Å². The predicted octanol–water partition coefficient (Wildman–Crippen LogP) is 4.18. The summed E-state index contributed by atoms with van der Waals surface area (Å²) in [6.07, 6.45) is 8.35. The first-order valence-electron chi connectivity index (χ1n) is 7.71. The molecule has 0 aromatic rings. The third-order valence-corrected chi connectivity index (χ3v) is 5.54. The van der Waals surface area contributed by atoms with Crippen molar-refractivity contribution in [1.82, 2.24) is 9.96 Å². The van der Waals surface area contributed by atoms with Crippen molar-refractivity contribution >= 4 is 16.5 Å². The summed E-state index contributed by atoms with van der Waals surface area (Å²) in [7, 11) is -2.03. The molecule has 0 radical (unpaired) electrons. The van der Waals surface area contributed by atoms with Crippen molar-refractivity contribution in [3.8, 4) is 0 Å². The van der Waals surface area contributed by atoms with Gasteiger partial charge in [-0.05, 0) is 25.9 Å². The Morgan fingerprint density at radius 3 is 1.06 bits per heavy atom. The second-order valence-electron chi connectivity index (χ2n) is 7.47. The fraction of sp³-hybridized carbons (Fsp3) is 1.00. The Morgan fingerprint density at radius 1 is 0.500 bits per heavy atom. The predicted molar refractivity (Wildman–Crippen MR) is 90.4 cm³/mol. The topological polar surface area (TPSA) is 24.1 Å². The van der Waals surface area contributed by atoms with Crippen LogP contribution in [0.15, 0.2) is 0 Å². The number of hydrogen-bond acceptors (Lipinski definition) is 2. The van der Waals surface area contributed by atoms with Crippen LogP contribution < -0.4 is 9.96 Å². The van der Waals surface area contributed by atoms with Gasteiger partial charge in [0.15, 0.2) is 0 Å². The van der Waals surface area contributed by atoms with E-state index in [1.807, 2.05) is 0 Å². The van der Waals surface area contributed by atoms with E-state index in [0.29, 0.717) is 0 Å². The largest absolute Gasteiger partial charge is 0.337 e. The smallest absolute Gasteiger partial charge is 0.116 e. The highest BCUT2D eigenvalue weighted by atomic mass is 28.3. The minimum atomic E-state index is -1.02. The fourth-order valence-electron chi connectivity index (χ4n) is 1.88. The molecular formula is C14H36N2Si2. The molecule has 0 atom stereocenters. The summed E-state index contributed by atoms with van der Waals surface area (Å²) in [5, 5.41) is 0. The van der Waals surface area contributed by atoms with Gasteiger partial charge < -0.3 is 9.96 Å². The lowest BCUT2D eigenvalue weighted by atomic mass is 10.1. The Labute approximate surface area is 118 Å². The SMILES string of the molecule is C[Si](C)(C)NCCCCCCCCN[Si](C)(C)C. The zero-order chi connectivity index (χ0) is 14.1. The monoisotopic (exact) mass is 288 g/mol. The summed E-state index contributed by atoms with van der Waals surface area (Å²) < 4.78 is 0. The molecule has 0 unspecified atom stereocenters. The van der Waals surface area contributed by atoms with Crippen molar-refractivity contribution in [3.05, 3.63) is 0 Å². The summed E-state index contributed by atoms with van der Waals surface area (Å²) in [4.78, 5) is 7.37. The second kappa shape index (κ2) is 9.29. The van der Waals surface area contributed by atoms with Gasteiger partial charge in [0.1, 0.15) is 16.5 Å². The summed E-state index contributed by atoms with van der Waals surface area (Å²) >= 11 is 0. The molecule has 4 heteroatoms. The summed E-state index contributed by atoms with van der Waals surface area (Å²) in [5.74, 6) is 0. The maximum Gasteiger partial charge on any atom is 0.116 e. The molecule has 0 heterocycles. The van der Waals surface area contributed by atoms with Gasteiger partial charge >= 0.3 is 0 Å². The van der Waals surface area contributed by atoms with Gasteiger partial charge in [0.2, 0.25) is 0 Å². The van der Waals surface area contributed by atoms with Crippen LogP contribution in [0.4, 0.5) is 0 Å². The quantitative estimate of drug-likeness (QED) is 0.440. The van der Waals surface area contributed by atoms with Crippen LogP contribution in [-0.2, 0) is 0 Å². The van der Waals surface area contributed by atoms with E-state index in [0.717, 1.165) is 0 Å². The number of hydrogen-bond donors (Lipinski definition) is 2. The van der Waals surface area contributed by atoms with Gasteiger partial charge in [-0.3, -0.25) is 0 Å². The molecule has 0 fully saturated rings. The van der Waals surface area contributed by atoms with Gasteiger partial charge in [-0.25, -0.2) is 0 Å². The van der Waals surface area contributed by atoms with Crippen LogP contribution >= 0.6 is 0 Å². The first kappa shape index (κ1) is 18.4. The second-order valence-corrected chi connectivity index (χ2v) is 17.2. The Balaban J connectivity index is 3.13. The lowest BCUT2D eigenvalue weighted by Gasteiger charge is -2.18. The van der Waals surface area contributed by atoms with Gasteiger partial charge in [0.25, 0.3) is 0 Å². The first-order valence-corrected chi connectivity index (χ1v) is 14.7. The number of unbranched alkanes of at least 4 members (excludes halogenated alkanes) is 5. The molecule has 0 aliphatic rings. The van der Waals surface area contributed by atoms with E-state index in [1.165, 1.54) is 51.6 Å². The molecule has 0 spiro atoms. The molecule has 18 heavy (non-hydrogen) atoms. The fourth-order valence-corrected chi connectivity index (χ4v) is 3.74. The maximum absolute atomic E-state index is 3.68. The van der Waals surface area contributed by atoms with Crippen molar-refractivity contribution in [2.24, 2.45) is 0 Å². The molecule has 2 N–H and O–H groups in total. The van der Waals surface area contributed by atoms with E-state index in [4.69, 9.17) is 0 Å². The Kier molecular flexibility index (Phi) is 9.47. The highest BCUT2D eigenvalue weighted by Crippen LogP contribution is 2.06. The van der Waals surface area contributed by atoms with Crippen LogP contribution in [0, 0.1) is 0 Å². The molecular weight excluding hydrogens is 252 g/mol. The average molecular weight is 289 g/mol. The molecule has 0 bridgehead atoms.